The van der Waals surface area contributed by atoms with E-state index in [9.17, 15) is 0 Å². The summed E-state index contributed by atoms with van der Waals surface area (Å²) in [6, 6.07) is 8.12. The molecule has 25 heavy (non-hydrogen) atoms. The van der Waals surface area contributed by atoms with Crippen LogP contribution in [-0.4, -0.2) is 15.0 Å². The summed E-state index contributed by atoms with van der Waals surface area (Å²) in [6.07, 6.45) is 2.62. The van der Waals surface area contributed by atoms with Gasteiger partial charge in [-0.15, -0.1) is 11.3 Å². The fraction of sp³-hybridized carbons (Fsp3) is 0.278. The standard InChI is InChI=1S/C18H21N5OS/c1-4-16-15(10-24-19)22-17(25-16)14-5-6-20-18(23-14)21-13-8-11(2)7-12(3)9-13/h5-9H,4,10,19H2,1-3H3,(H,20,21,23). The zero-order valence-electron chi connectivity index (χ0n) is 14.5. The molecule has 0 unspecified atom stereocenters. The fourth-order valence-electron chi connectivity index (χ4n) is 2.67. The van der Waals surface area contributed by atoms with Gasteiger partial charge in [-0.3, -0.25) is 4.84 Å². The van der Waals surface area contributed by atoms with Crippen molar-refractivity contribution in [2.45, 2.75) is 33.8 Å². The molecule has 0 amide bonds. The van der Waals surface area contributed by atoms with Gasteiger partial charge in [-0.2, -0.15) is 0 Å². The summed E-state index contributed by atoms with van der Waals surface area (Å²) in [5, 5.41) is 4.11. The molecule has 2 heterocycles. The van der Waals surface area contributed by atoms with Crippen molar-refractivity contribution in [2.24, 2.45) is 5.90 Å². The number of anilines is 2. The predicted octanol–water partition coefficient (Wildman–Crippen LogP) is 3.91. The van der Waals surface area contributed by atoms with Crippen molar-refractivity contribution in [1.29, 1.82) is 0 Å². The minimum absolute atomic E-state index is 0.304. The van der Waals surface area contributed by atoms with Crippen LogP contribution in [0.1, 0.15) is 28.6 Å². The van der Waals surface area contributed by atoms with E-state index >= 15 is 0 Å². The maximum atomic E-state index is 5.20. The molecule has 0 spiro atoms. The number of aromatic nitrogens is 3. The highest BCUT2D eigenvalue weighted by atomic mass is 32.1. The Balaban J connectivity index is 1.88. The number of hydrogen-bond acceptors (Lipinski definition) is 7. The second kappa shape index (κ2) is 7.69. The molecule has 0 saturated heterocycles. The molecular weight excluding hydrogens is 334 g/mol. The Bertz CT molecular complexity index is 857. The number of thiazole rings is 1. The highest BCUT2D eigenvalue weighted by Crippen LogP contribution is 2.28. The van der Waals surface area contributed by atoms with E-state index in [0.29, 0.717) is 12.6 Å². The van der Waals surface area contributed by atoms with Crippen LogP contribution in [0.15, 0.2) is 30.5 Å². The van der Waals surface area contributed by atoms with E-state index < -0.39 is 0 Å². The van der Waals surface area contributed by atoms with Gasteiger partial charge >= 0.3 is 0 Å². The topological polar surface area (TPSA) is 86.0 Å². The lowest BCUT2D eigenvalue weighted by Crippen LogP contribution is -2.01. The van der Waals surface area contributed by atoms with Crippen LogP contribution in [-0.2, 0) is 17.9 Å². The van der Waals surface area contributed by atoms with Crippen molar-refractivity contribution in [3.05, 3.63) is 52.2 Å². The molecule has 6 nitrogen and oxygen atoms in total. The first kappa shape index (κ1) is 17.5. The summed E-state index contributed by atoms with van der Waals surface area (Å²) in [5.41, 5.74) is 5.01. The van der Waals surface area contributed by atoms with Gasteiger partial charge in [0.25, 0.3) is 0 Å². The highest BCUT2D eigenvalue weighted by molar-refractivity contribution is 7.15. The first-order valence-corrected chi connectivity index (χ1v) is 8.89. The van der Waals surface area contributed by atoms with Gasteiger partial charge in [-0.25, -0.2) is 20.8 Å². The molecule has 0 aliphatic rings. The molecular formula is C18H21N5OS. The first-order chi connectivity index (χ1) is 12.1. The Labute approximate surface area is 151 Å². The maximum absolute atomic E-state index is 5.20. The van der Waals surface area contributed by atoms with Crippen LogP contribution in [0.25, 0.3) is 10.7 Å². The van der Waals surface area contributed by atoms with E-state index in [1.165, 1.54) is 11.1 Å². The van der Waals surface area contributed by atoms with Crippen LogP contribution in [0.3, 0.4) is 0 Å². The van der Waals surface area contributed by atoms with E-state index in [2.05, 4.69) is 59.2 Å². The molecule has 3 rings (SSSR count). The lowest BCUT2D eigenvalue weighted by atomic mass is 10.1. The number of nitrogens with one attached hydrogen (secondary N) is 1. The summed E-state index contributed by atoms with van der Waals surface area (Å²) in [6.45, 7) is 6.53. The summed E-state index contributed by atoms with van der Waals surface area (Å²) >= 11 is 1.61. The predicted molar refractivity (Wildman–Crippen MR) is 101 cm³/mol. The van der Waals surface area contributed by atoms with E-state index in [4.69, 9.17) is 10.7 Å². The molecule has 130 valence electrons. The zero-order chi connectivity index (χ0) is 17.8. The summed E-state index contributed by atoms with van der Waals surface area (Å²) in [7, 11) is 0. The third kappa shape index (κ3) is 4.19. The SMILES string of the molecule is CCc1sc(-c2ccnc(Nc3cc(C)cc(C)c3)n2)nc1CON. The average Bonchev–Trinajstić information content (AvgIpc) is 2.98. The molecule has 0 bridgehead atoms. The van der Waals surface area contributed by atoms with Crippen molar-refractivity contribution in [3.63, 3.8) is 0 Å². The van der Waals surface area contributed by atoms with Crippen molar-refractivity contribution in [2.75, 3.05) is 5.32 Å². The Morgan fingerprint density at radius 3 is 2.60 bits per heavy atom. The number of hydrogen-bond donors (Lipinski definition) is 2. The summed E-state index contributed by atoms with van der Waals surface area (Å²) in [4.78, 5) is 19.4. The monoisotopic (exact) mass is 355 g/mol. The molecule has 0 aliphatic heterocycles. The Morgan fingerprint density at radius 2 is 1.92 bits per heavy atom. The molecule has 0 fully saturated rings. The van der Waals surface area contributed by atoms with E-state index in [-0.39, 0.29) is 0 Å². The minimum Gasteiger partial charge on any atom is -0.324 e. The molecule has 0 atom stereocenters. The van der Waals surface area contributed by atoms with Crippen LogP contribution in [0.4, 0.5) is 11.6 Å². The number of rotatable bonds is 6. The van der Waals surface area contributed by atoms with E-state index in [0.717, 1.165) is 33.4 Å². The van der Waals surface area contributed by atoms with Gasteiger partial charge in [-0.1, -0.05) is 13.0 Å². The minimum atomic E-state index is 0.304. The summed E-state index contributed by atoms with van der Waals surface area (Å²) in [5.74, 6) is 5.74. The second-order valence-electron chi connectivity index (χ2n) is 5.82. The molecule has 0 aliphatic carbocycles. The van der Waals surface area contributed by atoms with Gasteiger partial charge in [0, 0.05) is 16.8 Å². The van der Waals surface area contributed by atoms with Crippen molar-refractivity contribution >= 4 is 23.0 Å². The zero-order valence-corrected chi connectivity index (χ0v) is 15.4. The van der Waals surface area contributed by atoms with E-state index in [1.807, 2.05) is 6.07 Å². The van der Waals surface area contributed by atoms with Crippen molar-refractivity contribution in [1.82, 2.24) is 15.0 Å². The molecule has 7 heteroatoms. The van der Waals surface area contributed by atoms with Gasteiger partial charge < -0.3 is 5.32 Å². The van der Waals surface area contributed by atoms with Gasteiger partial charge in [0.15, 0.2) is 0 Å². The van der Waals surface area contributed by atoms with Crippen LogP contribution in [0.5, 0.6) is 0 Å². The number of nitrogens with two attached hydrogens (primary N) is 1. The first-order valence-electron chi connectivity index (χ1n) is 8.08. The average molecular weight is 355 g/mol. The Kier molecular flexibility index (Phi) is 5.37. The lowest BCUT2D eigenvalue weighted by Gasteiger charge is -2.07. The second-order valence-corrected chi connectivity index (χ2v) is 6.90. The molecule has 2 aromatic heterocycles. The maximum Gasteiger partial charge on any atom is 0.227 e. The highest BCUT2D eigenvalue weighted by Gasteiger charge is 2.13. The quantitative estimate of drug-likeness (QED) is 0.652. The molecule has 3 N–H and O–H groups in total. The van der Waals surface area contributed by atoms with Crippen molar-refractivity contribution < 1.29 is 4.84 Å². The normalized spacial score (nSPS) is 10.9. The lowest BCUT2D eigenvalue weighted by molar-refractivity contribution is 0.121. The van der Waals surface area contributed by atoms with E-state index in [1.54, 1.807) is 17.5 Å². The number of aryl methyl sites for hydroxylation is 3. The largest absolute Gasteiger partial charge is 0.324 e. The van der Waals surface area contributed by atoms with Gasteiger partial charge in [0.1, 0.15) is 17.3 Å². The van der Waals surface area contributed by atoms with Gasteiger partial charge in [0.2, 0.25) is 5.95 Å². The smallest absolute Gasteiger partial charge is 0.227 e. The van der Waals surface area contributed by atoms with Gasteiger partial charge in [-0.05, 0) is 49.6 Å². The van der Waals surface area contributed by atoms with Crippen LogP contribution < -0.4 is 11.2 Å². The van der Waals surface area contributed by atoms with Crippen LogP contribution in [0.2, 0.25) is 0 Å². The van der Waals surface area contributed by atoms with Crippen LogP contribution in [0, 0.1) is 13.8 Å². The molecule has 3 aromatic rings. The molecule has 0 saturated carbocycles. The molecule has 0 radical (unpaired) electrons. The Hall–Kier alpha value is -2.35. The third-order valence-corrected chi connectivity index (χ3v) is 4.94. The third-order valence-electron chi connectivity index (χ3n) is 3.67. The number of benzene rings is 1. The van der Waals surface area contributed by atoms with Crippen LogP contribution >= 0.6 is 11.3 Å². The fourth-order valence-corrected chi connectivity index (χ4v) is 3.65. The summed E-state index contributed by atoms with van der Waals surface area (Å²) < 4.78 is 0. The Morgan fingerprint density at radius 1 is 1.16 bits per heavy atom. The number of nitrogens with zero attached hydrogens (tertiary/aromatic N) is 3. The van der Waals surface area contributed by atoms with Crippen molar-refractivity contribution in [3.8, 4) is 10.7 Å². The molecule has 1 aromatic carbocycles. The van der Waals surface area contributed by atoms with Gasteiger partial charge in [0.05, 0.1) is 5.69 Å².